The highest BCUT2D eigenvalue weighted by Crippen LogP contribution is 2.10. The number of amides is 2. The zero-order valence-electron chi connectivity index (χ0n) is 15.4. The molecule has 138 valence electrons. The molecule has 0 unspecified atom stereocenters. The van der Waals surface area contributed by atoms with E-state index in [9.17, 15) is 14.4 Å². The Bertz CT molecular complexity index is 574. The van der Waals surface area contributed by atoms with Crippen molar-refractivity contribution in [3.63, 3.8) is 0 Å². The second kappa shape index (κ2) is 10.5. The largest absolute Gasteiger partial charge is 0.464 e. The molecule has 0 saturated heterocycles. The minimum Gasteiger partial charge on any atom is -0.464 e. The molecule has 2 N–H and O–H groups in total. The summed E-state index contributed by atoms with van der Waals surface area (Å²) in [7, 11) is 0. The normalized spacial score (nSPS) is 14.1. The molecular formula is C19H28N2O4. The lowest BCUT2D eigenvalue weighted by Crippen LogP contribution is -2.47. The molecule has 6 nitrogen and oxygen atoms in total. The van der Waals surface area contributed by atoms with Crippen molar-refractivity contribution in [1.29, 1.82) is 0 Å². The molecule has 1 aromatic rings. The van der Waals surface area contributed by atoms with Crippen LogP contribution in [-0.2, 0) is 14.3 Å². The summed E-state index contributed by atoms with van der Waals surface area (Å²) in [5.74, 6) is -0.979. The van der Waals surface area contributed by atoms with Crippen LogP contribution in [0.25, 0.3) is 0 Å². The Kier molecular flexibility index (Phi) is 8.67. The van der Waals surface area contributed by atoms with E-state index in [-0.39, 0.29) is 36.8 Å². The molecule has 0 aliphatic rings. The Balaban J connectivity index is 2.57. The van der Waals surface area contributed by atoms with E-state index >= 15 is 0 Å². The van der Waals surface area contributed by atoms with Crippen LogP contribution in [0.2, 0.25) is 0 Å². The fourth-order valence-electron chi connectivity index (χ4n) is 2.36. The fourth-order valence-corrected chi connectivity index (χ4v) is 2.36. The number of rotatable bonds is 9. The van der Waals surface area contributed by atoms with Crippen LogP contribution >= 0.6 is 0 Å². The third-order valence-corrected chi connectivity index (χ3v) is 3.98. The van der Waals surface area contributed by atoms with Crippen molar-refractivity contribution in [3.8, 4) is 0 Å². The standard InChI is InChI=1S/C19H28N2O4/c1-5-13(3)17(19(24)25-6-2)21-16(22)12-14(4)20-18(23)15-10-8-7-9-11-15/h7-11,13-14,17H,5-6,12H2,1-4H3,(H,20,23)(H,21,22)/t13-,14-,17-/m1/s1. The molecule has 0 aromatic heterocycles. The zero-order valence-corrected chi connectivity index (χ0v) is 15.4. The molecule has 25 heavy (non-hydrogen) atoms. The monoisotopic (exact) mass is 348 g/mol. The summed E-state index contributed by atoms with van der Waals surface area (Å²) in [5.41, 5.74) is 0.541. The SMILES string of the molecule is CCOC(=O)[C@H](NC(=O)C[C@@H](C)NC(=O)c1ccccc1)[C@H](C)CC. The molecule has 0 radical (unpaired) electrons. The Morgan fingerprint density at radius 3 is 2.24 bits per heavy atom. The van der Waals surface area contributed by atoms with Crippen molar-refractivity contribution in [2.75, 3.05) is 6.61 Å². The molecule has 1 rings (SSSR count). The Labute approximate surface area is 149 Å². The lowest BCUT2D eigenvalue weighted by molar-refractivity contribution is -0.149. The van der Waals surface area contributed by atoms with E-state index in [1.54, 1.807) is 38.1 Å². The maximum absolute atomic E-state index is 12.2. The maximum atomic E-state index is 12.2. The van der Waals surface area contributed by atoms with Gasteiger partial charge in [-0.15, -0.1) is 0 Å². The van der Waals surface area contributed by atoms with E-state index in [1.165, 1.54) is 0 Å². The highest BCUT2D eigenvalue weighted by Gasteiger charge is 2.27. The van der Waals surface area contributed by atoms with Crippen LogP contribution in [0.1, 0.15) is 50.9 Å². The first-order valence-electron chi connectivity index (χ1n) is 8.70. The molecule has 1 aromatic carbocycles. The summed E-state index contributed by atoms with van der Waals surface area (Å²) in [4.78, 5) is 36.4. The minimum absolute atomic E-state index is 0.0304. The third kappa shape index (κ3) is 6.95. The lowest BCUT2D eigenvalue weighted by atomic mass is 9.99. The van der Waals surface area contributed by atoms with Crippen molar-refractivity contribution < 1.29 is 19.1 Å². The molecular weight excluding hydrogens is 320 g/mol. The minimum atomic E-state index is -0.672. The van der Waals surface area contributed by atoms with Gasteiger partial charge in [-0.1, -0.05) is 38.5 Å². The predicted octanol–water partition coefficient (Wildman–Crippen LogP) is 2.29. The van der Waals surface area contributed by atoms with Crippen LogP contribution < -0.4 is 10.6 Å². The van der Waals surface area contributed by atoms with Crippen LogP contribution in [-0.4, -0.2) is 36.5 Å². The maximum Gasteiger partial charge on any atom is 0.328 e. The van der Waals surface area contributed by atoms with E-state index < -0.39 is 12.0 Å². The summed E-state index contributed by atoms with van der Waals surface area (Å²) in [6.45, 7) is 7.59. The molecule has 0 aliphatic carbocycles. The van der Waals surface area contributed by atoms with E-state index in [2.05, 4.69) is 10.6 Å². The van der Waals surface area contributed by atoms with E-state index in [4.69, 9.17) is 4.74 Å². The number of hydrogen-bond donors (Lipinski definition) is 2. The highest BCUT2D eigenvalue weighted by molar-refractivity contribution is 5.94. The van der Waals surface area contributed by atoms with E-state index in [0.29, 0.717) is 5.56 Å². The van der Waals surface area contributed by atoms with Gasteiger partial charge in [-0.2, -0.15) is 0 Å². The second-order valence-electron chi connectivity index (χ2n) is 6.13. The lowest BCUT2D eigenvalue weighted by Gasteiger charge is -2.23. The van der Waals surface area contributed by atoms with Gasteiger partial charge in [0.1, 0.15) is 6.04 Å². The number of ether oxygens (including phenoxy) is 1. The third-order valence-electron chi connectivity index (χ3n) is 3.98. The molecule has 6 heteroatoms. The second-order valence-corrected chi connectivity index (χ2v) is 6.13. The van der Waals surface area contributed by atoms with Gasteiger partial charge in [-0.25, -0.2) is 4.79 Å². The number of nitrogens with one attached hydrogen (secondary N) is 2. The summed E-state index contributed by atoms with van der Waals surface area (Å²) in [6.07, 6.45) is 0.828. The number of hydrogen-bond acceptors (Lipinski definition) is 4. The number of carbonyl (C=O) groups is 3. The average molecular weight is 348 g/mol. The molecule has 0 aliphatic heterocycles. The first-order chi connectivity index (χ1) is 11.9. The van der Waals surface area contributed by atoms with Crippen molar-refractivity contribution in [2.45, 2.75) is 52.6 Å². The van der Waals surface area contributed by atoms with Crippen molar-refractivity contribution in [3.05, 3.63) is 35.9 Å². The quantitative estimate of drug-likeness (QED) is 0.671. The number of carbonyl (C=O) groups excluding carboxylic acids is 3. The summed E-state index contributed by atoms with van der Waals surface area (Å²) < 4.78 is 5.03. The Morgan fingerprint density at radius 2 is 1.68 bits per heavy atom. The summed E-state index contributed by atoms with van der Waals surface area (Å²) in [6, 6.07) is 7.79. The first kappa shape index (κ1) is 20.7. The van der Waals surface area contributed by atoms with Gasteiger partial charge in [0.2, 0.25) is 5.91 Å². The van der Waals surface area contributed by atoms with Crippen molar-refractivity contribution in [1.82, 2.24) is 10.6 Å². The average Bonchev–Trinajstić information content (AvgIpc) is 2.59. The molecule has 2 amide bonds. The molecule has 0 spiro atoms. The Morgan fingerprint density at radius 1 is 1.04 bits per heavy atom. The van der Waals surface area contributed by atoms with Gasteiger partial charge in [-0.3, -0.25) is 9.59 Å². The summed E-state index contributed by atoms with van der Waals surface area (Å²) >= 11 is 0. The van der Waals surface area contributed by atoms with E-state index in [1.807, 2.05) is 19.9 Å². The van der Waals surface area contributed by atoms with Crippen LogP contribution in [0.15, 0.2) is 30.3 Å². The Hall–Kier alpha value is -2.37. The van der Waals surface area contributed by atoms with Gasteiger partial charge in [-0.05, 0) is 31.9 Å². The summed E-state index contributed by atoms with van der Waals surface area (Å²) in [5, 5.41) is 5.51. The highest BCUT2D eigenvalue weighted by atomic mass is 16.5. The van der Waals surface area contributed by atoms with Gasteiger partial charge < -0.3 is 15.4 Å². The van der Waals surface area contributed by atoms with Crippen LogP contribution in [0, 0.1) is 5.92 Å². The van der Waals surface area contributed by atoms with Gasteiger partial charge >= 0.3 is 5.97 Å². The van der Waals surface area contributed by atoms with Crippen LogP contribution in [0.3, 0.4) is 0 Å². The molecule has 3 atom stereocenters. The van der Waals surface area contributed by atoms with Crippen LogP contribution in [0.4, 0.5) is 0 Å². The topological polar surface area (TPSA) is 84.5 Å². The molecule has 0 fully saturated rings. The van der Waals surface area contributed by atoms with E-state index in [0.717, 1.165) is 6.42 Å². The van der Waals surface area contributed by atoms with Gasteiger partial charge in [0.05, 0.1) is 6.61 Å². The van der Waals surface area contributed by atoms with Gasteiger partial charge in [0, 0.05) is 18.0 Å². The predicted molar refractivity (Wildman–Crippen MR) is 96.0 cm³/mol. The fraction of sp³-hybridized carbons (Fsp3) is 0.526. The molecule has 0 bridgehead atoms. The van der Waals surface area contributed by atoms with Crippen LogP contribution in [0.5, 0.6) is 0 Å². The van der Waals surface area contributed by atoms with Gasteiger partial charge in [0.15, 0.2) is 0 Å². The van der Waals surface area contributed by atoms with Gasteiger partial charge in [0.25, 0.3) is 5.91 Å². The smallest absolute Gasteiger partial charge is 0.328 e. The first-order valence-corrected chi connectivity index (χ1v) is 8.70. The van der Waals surface area contributed by atoms with Crippen molar-refractivity contribution in [2.24, 2.45) is 5.92 Å². The van der Waals surface area contributed by atoms with Crippen molar-refractivity contribution >= 4 is 17.8 Å². The molecule has 0 heterocycles. The zero-order chi connectivity index (χ0) is 18.8. The number of benzene rings is 1. The molecule has 0 saturated carbocycles. The number of esters is 1.